The molecule has 1 aromatic rings. The molecule has 0 atom stereocenters. The first-order valence-electron chi connectivity index (χ1n) is 5.15. The van der Waals surface area contributed by atoms with Gasteiger partial charge < -0.3 is 5.32 Å². The van der Waals surface area contributed by atoms with Gasteiger partial charge in [0.25, 0.3) is 0 Å². The molecule has 0 fully saturated rings. The largest absolute Gasteiger partial charge is 0.355 e. The van der Waals surface area contributed by atoms with Crippen LogP contribution < -0.4 is 5.32 Å². The Morgan fingerprint density at radius 1 is 1.56 bits per heavy atom. The summed E-state index contributed by atoms with van der Waals surface area (Å²) >= 11 is 3.33. The van der Waals surface area contributed by atoms with E-state index >= 15 is 0 Å². The molecule has 90 valence electrons. The zero-order valence-electron chi connectivity index (χ0n) is 9.23. The second kappa shape index (κ2) is 8.46. The average molecular weight is 260 g/mol. The van der Waals surface area contributed by atoms with E-state index in [-0.39, 0.29) is 5.91 Å². The van der Waals surface area contributed by atoms with E-state index in [1.807, 2.05) is 0 Å². The third-order valence-electron chi connectivity index (χ3n) is 1.73. The first-order chi connectivity index (χ1) is 7.83. The summed E-state index contributed by atoms with van der Waals surface area (Å²) in [5, 5.41) is 10.1. The number of rotatable bonds is 8. The van der Waals surface area contributed by atoms with Crippen molar-refractivity contribution < 1.29 is 4.79 Å². The number of aromatic nitrogens is 3. The fraction of sp³-hybridized carbons (Fsp3) is 0.667. The van der Waals surface area contributed by atoms with Crippen LogP contribution in [0.5, 0.6) is 0 Å². The lowest BCUT2D eigenvalue weighted by atomic mass is 10.4. The molecule has 1 rings (SSSR count). The standard InChI is InChI=1S/C9H16N4OS2/c1-2-15-5-3-8(14)10-4-6-16-9-11-7-12-13-9/h7H,2-6H2,1H3,(H,10,14)(H,11,12,13). The maximum atomic E-state index is 11.3. The highest BCUT2D eigenvalue weighted by Gasteiger charge is 2.01. The molecule has 0 radical (unpaired) electrons. The van der Waals surface area contributed by atoms with Gasteiger partial charge in [0.15, 0.2) is 5.16 Å². The first-order valence-corrected chi connectivity index (χ1v) is 7.29. The van der Waals surface area contributed by atoms with Crippen molar-refractivity contribution in [2.24, 2.45) is 0 Å². The Balaban J connectivity index is 1.96. The van der Waals surface area contributed by atoms with Crippen LogP contribution in [0.15, 0.2) is 11.5 Å². The lowest BCUT2D eigenvalue weighted by Crippen LogP contribution is -2.25. The van der Waals surface area contributed by atoms with Crippen molar-refractivity contribution in [1.82, 2.24) is 20.5 Å². The van der Waals surface area contributed by atoms with E-state index in [2.05, 4.69) is 27.4 Å². The van der Waals surface area contributed by atoms with Gasteiger partial charge in [-0.2, -0.15) is 16.9 Å². The minimum Gasteiger partial charge on any atom is -0.355 e. The fourth-order valence-electron chi connectivity index (χ4n) is 1.000. The third-order valence-corrected chi connectivity index (χ3v) is 3.51. The van der Waals surface area contributed by atoms with Crippen LogP contribution in [0.25, 0.3) is 0 Å². The van der Waals surface area contributed by atoms with Gasteiger partial charge in [0, 0.05) is 24.5 Å². The number of carbonyl (C=O) groups excluding carboxylic acids is 1. The van der Waals surface area contributed by atoms with Crippen molar-refractivity contribution in [2.75, 3.05) is 23.8 Å². The van der Waals surface area contributed by atoms with Crippen molar-refractivity contribution in [1.29, 1.82) is 0 Å². The van der Waals surface area contributed by atoms with Gasteiger partial charge in [0.05, 0.1) is 0 Å². The number of amides is 1. The van der Waals surface area contributed by atoms with Crippen molar-refractivity contribution in [3.05, 3.63) is 6.33 Å². The zero-order chi connectivity index (χ0) is 11.6. The van der Waals surface area contributed by atoms with Crippen molar-refractivity contribution in [2.45, 2.75) is 18.5 Å². The highest BCUT2D eigenvalue weighted by molar-refractivity contribution is 7.99. The molecule has 0 saturated heterocycles. The summed E-state index contributed by atoms with van der Waals surface area (Å²) < 4.78 is 0. The van der Waals surface area contributed by atoms with Crippen LogP contribution in [0.2, 0.25) is 0 Å². The molecule has 0 bridgehead atoms. The Labute approximate surface area is 104 Å². The Hall–Kier alpha value is -0.690. The van der Waals surface area contributed by atoms with Crippen LogP contribution in [0, 0.1) is 0 Å². The lowest BCUT2D eigenvalue weighted by Gasteiger charge is -2.03. The van der Waals surface area contributed by atoms with Crippen molar-refractivity contribution >= 4 is 29.4 Å². The molecule has 16 heavy (non-hydrogen) atoms. The molecule has 0 spiro atoms. The van der Waals surface area contributed by atoms with Crippen LogP contribution in [0.1, 0.15) is 13.3 Å². The number of nitrogens with zero attached hydrogens (tertiary/aromatic N) is 2. The lowest BCUT2D eigenvalue weighted by molar-refractivity contribution is -0.120. The Kier molecular flexibility index (Phi) is 7.07. The number of thioether (sulfide) groups is 2. The van der Waals surface area contributed by atoms with E-state index in [0.29, 0.717) is 13.0 Å². The van der Waals surface area contributed by atoms with Crippen molar-refractivity contribution in [3.8, 4) is 0 Å². The van der Waals surface area contributed by atoms with Crippen LogP contribution >= 0.6 is 23.5 Å². The van der Waals surface area contributed by atoms with Gasteiger partial charge in [-0.05, 0) is 5.75 Å². The number of H-pyrrole nitrogens is 1. The maximum Gasteiger partial charge on any atom is 0.220 e. The highest BCUT2D eigenvalue weighted by atomic mass is 32.2. The Bertz CT molecular complexity index is 292. The molecule has 0 aliphatic heterocycles. The van der Waals surface area contributed by atoms with E-state index in [1.54, 1.807) is 23.5 Å². The molecular formula is C9H16N4OS2. The Morgan fingerprint density at radius 3 is 3.12 bits per heavy atom. The molecule has 0 unspecified atom stereocenters. The molecule has 5 nitrogen and oxygen atoms in total. The van der Waals surface area contributed by atoms with Gasteiger partial charge in [0.1, 0.15) is 6.33 Å². The first kappa shape index (κ1) is 13.4. The second-order valence-electron chi connectivity index (χ2n) is 2.94. The maximum absolute atomic E-state index is 11.3. The number of hydrogen-bond acceptors (Lipinski definition) is 5. The SMILES string of the molecule is CCSCCC(=O)NCCSc1ncn[nH]1. The number of carbonyl (C=O) groups is 1. The van der Waals surface area contributed by atoms with E-state index in [0.717, 1.165) is 22.4 Å². The summed E-state index contributed by atoms with van der Waals surface area (Å²) in [6.45, 7) is 2.76. The molecule has 0 aromatic carbocycles. The number of aromatic amines is 1. The smallest absolute Gasteiger partial charge is 0.220 e. The molecule has 1 heterocycles. The molecule has 0 saturated carbocycles. The molecular weight excluding hydrogens is 244 g/mol. The average Bonchev–Trinajstić information content (AvgIpc) is 2.78. The molecule has 0 aliphatic carbocycles. The summed E-state index contributed by atoms with van der Waals surface area (Å²) in [4.78, 5) is 15.3. The predicted molar refractivity (Wildman–Crippen MR) is 67.7 cm³/mol. The van der Waals surface area contributed by atoms with E-state index in [4.69, 9.17) is 0 Å². The molecule has 7 heteroatoms. The summed E-state index contributed by atoms with van der Waals surface area (Å²) in [6.07, 6.45) is 2.08. The van der Waals surface area contributed by atoms with Crippen LogP contribution in [0.4, 0.5) is 0 Å². The fourth-order valence-corrected chi connectivity index (χ4v) is 2.25. The summed E-state index contributed by atoms with van der Waals surface area (Å²) in [6, 6.07) is 0. The van der Waals surface area contributed by atoms with Crippen LogP contribution in [0.3, 0.4) is 0 Å². The van der Waals surface area contributed by atoms with Gasteiger partial charge in [-0.15, -0.1) is 0 Å². The second-order valence-corrected chi connectivity index (χ2v) is 5.41. The minimum atomic E-state index is 0.124. The summed E-state index contributed by atoms with van der Waals surface area (Å²) in [7, 11) is 0. The summed E-state index contributed by atoms with van der Waals surface area (Å²) in [5.74, 6) is 2.90. The third kappa shape index (κ3) is 6.02. The monoisotopic (exact) mass is 260 g/mol. The van der Waals surface area contributed by atoms with Gasteiger partial charge >= 0.3 is 0 Å². The molecule has 1 amide bonds. The molecule has 1 aromatic heterocycles. The number of hydrogen-bond donors (Lipinski definition) is 2. The van der Waals surface area contributed by atoms with Crippen LogP contribution in [-0.2, 0) is 4.79 Å². The quantitative estimate of drug-likeness (QED) is 0.542. The van der Waals surface area contributed by atoms with Crippen LogP contribution in [-0.4, -0.2) is 44.9 Å². The number of nitrogens with one attached hydrogen (secondary N) is 2. The normalized spacial score (nSPS) is 10.3. The molecule has 2 N–H and O–H groups in total. The molecule has 0 aliphatic rings. The van der Waals surface area contributed by atoms with E-state index in [9.17, 15) is 4.79 Å². The van der Waals surface area contributed by atoms with E-state index in [1.165, 1.54) is 6.33 Å². The van der Waals surface area contributed by atoms with Crippen molar-refractivity contribution in [3.63, 3.8) is 0 Å². The van der Waals surface area contributed by atoms with Gasteiger partial charge in [-0.25, -0.2) is 4.98 Å². The van der Waals surface area contributed by atoms with Gasteiger partial charge in [-0.1, -0.05) is 18.7 Å². The van der Waals surface area contributed by atoms with Gasteiger partial charge in [0.2, 0.25) is 5.91 Å². The summed E-state index contributed by atoms with van der Waals surface area (Å²) in [5.41, 5.74) is 0. The van der Waals surface area contributed by atoms with E-state index < -0.39 is 0 Å². The Morgan fingerprint density at radius 2 is 2.44 bits per heavy atom. The topological polar surface area (TPSA) is 70.7 Å². The predicted octanol–water partition coefficient (Wildman–Crippen LogP) is 1.16. The minimum absolute atomic E-state index is 0.124. The zero-order valence-corrected chi connectivity index (χ0v) is 10.9. The highest BCUT2D eigenvalue weighted by Crippen LogP contribution is 2.08. The van der Waals surface area contributed by atoms with Gasteiger partial charge in [-0.3, -0.25) is 9.89 Å².